The van der Waals surface area contributed by atoms with Crippen molar-refractivity contribution in [1.82, 2.24) is 5.32 Å². The van der Waals surface area contributed by atoms with E-state index >= 15 is 0 Å². The summed E-state index contributed by atoms with van der Waals surface area (Å²) >= 11 is 0. The Morgan fingerprint density at radius 2 is 1.52 bits per heavy atom. The first-order valence-electron chi connectivity index (χ1n) is 10.7. The molecule has 1 aliphatic heterocycles. The van der Waals surface area contributed by atoms with Gasteiger partial charge in [0.25, 0.3) is 5.91 Å². The quantitative estimate of drug-likeness (QED) is 0.487. The zero-order chi connectivity index (χ0) is 23.2. The van der Waals surface area contributed by atoms with Gasteiger partial charge in [-0.1, -0.05) is 18.2 Å². The van der Waals surface area contributed by atoms with Gasteiger partial charge in [-0.25, -0.2) is 13.6 Å². The summed E-state index contributed by atoms with van der Waals surface area (Å²) < 4.78 is 26.5. The number of nitrogens with one attached hydrogen (secondary N) is 3. The normalized spacial score (nSPS) is 13.0. The Balaban J connectivity index is 1.50. The average Bonchev–Trinajstić information content (AvgIpc) is 3.33. The van der Waals surface area contributed by atoms with Crippen LogP contribution in [0.15, 0.2) is 66.7 Å². The van der Waals surface area contributed by atoms with Crippen molar-refractivity contribution in [2.45, 2.75) is 19.4 Å². The second kappa shape index (κ2) is 10.1. The summed E-state index contributed by atoms with van der Waals surface area (Å²) in [4.78, 5) is 27.6. The van der Waals surface area contributed by atoms with Crippen molar-refractivity contribution in [3.63, 3.8) is 0 Å². The van der Waals surface area contributed by atoms with E-state index in [1.807, 2.05) is 6.07 Å². The summed E-state index contributed by atoms with van der Waals surface area (Å²) in [7, 11) is 0. The van der Waals surface area contributed by atoms with Gasteiger partial charge in [-0.05, 0) is 66.9 Å². The minimum atomic E-state index is -0.549. The van der Waals surface area contributed by atoms with Crippen LogP contribution in [0.3, 0.4) is 0 Å². The molecule has 0 bridgehead atoms. The summed E-state index contributed by atoms with van der Waals surface area (Å²) in [6.07, 6.45) is 2.10. The lowest BCUT2D eigenvalue weighted by atomic mass is 10.1. The number of hydrogen-bond acceptors (Lipinski definition) is 3. The van der Waals surface area contributed by atoms with Crippen molar-refractivity contribution in [2.24, 2.45) is 0 Å². The summed E-state index contributed by atoms with van der Waals surface area (Å²) in [5, 5.41) is 8.13. The predicted octanol–water partition coefficient (Wildman–Crippen LogP) is 5.14. The van der Waals surface area contributed by atoms with E-state index < -0.39 is 11.8 Å². The standard InChI is InChI=1S/C25H24F2N4O2/c26-18-8-6-17(7-9-18)16-28-24(32)22-15-21(10-11-23(22)31-12-1-2-13-31)30-25(33)29-20-5-3-4-19(27)14-20/h3-11,14-15H,1-2,12-13,16H2,(H,28,32)(H2,29,30,33). The third kappa shape index (κ3) is 5.85. The Bertz CT molecular complexity index is 1150. The molecule has 0 aromatic heterocycles. The monoisotopic (exact) mass is 450 g/mol. The van der Waals surface area contributed by atoms with Gasteiger partial charge in [-0.3, -0.25) is 4.79 Å². The molecule has 3 N–H and O–H groups in total. The molecule has 0 atom stereocenters. The van der Waals surface area contributed by atoms with Gasteiger partial charge in [0.1, 0.15) is 11.6 Å². The average molecular weight is 450 g/mol. The SMILES string of the molecule is O=C(Nc1cccc(F)c1)Nc1ccc(N2CCCC2)c(C(=O)NCc2ccc(F)cc2)c1. The smallest absolute Gasteiger partial charge is 0.323 e. The molecule has 0 radical (unpaired) electrons. The number of nitrogens with zero attached hydrogens (tertiary/aromatic N) is 1. The molecule has 1 heterocycles. The number of urea groups is 1. The zero-order valence-electron chi connectivity index (χ0n) is 17.9. The molecule has 1 aliphatic rings. The maximum absolute atomic E-state index is 13.4. The maximum Gasteiger partial charge on any atom is 0.323 e. The molecule has 4 rings (SSSR count). The highest BCUT2D eigenvalue weighted by molar-refractivity contribution is 6.04. The van der Waals surface area contributed by atoms with Crippen LogP contribution in [0.1, 0.15) is 28.8 Å². The van der Waals surface area contributed by atoms with Crippen LogP contribution in [-0.4, -0.2) is 25.0 Å². The molecular formula is C25H24F2N4O2. The number of anilines is 3. The molecule has 3 aromatic carbocycles. The molecule has 3 amide bonds. The van der Waals surface area contributed by atoms with Crippen LogP contribution in [0.5, 0.6) is 0 Å². The molecule has 6 nitrogen and oxygen atoms in total. The highest BCUT2D eigenvalue weighted by atomic mass is 19.1. The molecule has 0 spiro atoms. The summed E-state index contributed by atoms with van der Waals surface area (Å²) in [5.74, 6) is -1.09. The first-order valence-corrected chi connectivity index (χ1v) is 10.7. The van der Waals surface area contributed by atoms with Gasteiger partial charge in [0, 0.05) is 36.7 Å². The van der Waals surface area contributed by atoms with Crippen LogP contribution in [0.25, 0.3) is 0 Å². The van der Waals surface area contributed by atoms with E-state index in [1.54, 1.807) is 30.3 Å². The van der Waals surface area contributed by atoms with Crippen LogP contribution >= 0.6 is 0 Å². The molecule has 170 valence electrons. The van der Waals surface area contributed by atoms with Crippen molar-refractivity contribution in [3.05, 3.63) is 89.5 Å². The summed E-state index contributed by atoms with van der Waals surface area (Å²) in [5.41, 5.74) is 2.75. The van der Waals surface area contributed by atoms with Crippen LogP contribution in [0.2, 0.25) is 0 Å². The van der Waals surface area contributed by atoms with Gasteiger partial charge in [0.15, 0.2) is 0 Å². The second-order valence-electron chi connectivity index (χ2n) is 7.82. The topological polar surface area (TPSA) is 73.5 Å². The molecule has 0 unspecified atom stereocenters. The van der Waals surface area contributed by atoms with Gasteiger partial charge in [-0.2, -0.15) is 0 Å². The molecular weight excluding hydrogens is 426 g/mol. The molecule has 33 heavy (non-hydrogen) atoms. The van der Waals surface area contributed by atoms with Crippen LogP contribution in [-0.2, 0) is 6.54 Å². The van der Waals surface area contributed by atoms with Crippen molar-refractivity contribution in [1.29, 1.82) is 0 Å². The number of rotatable bonds is 6. The molecule has 1 saturated heterocycles. The Hall–Kier alpha value is -3.94. The van der Waals surface area contributed by atoms with Crippen molar-refractivity contribution in [2.75, 3.05) is 28.6 Å². The number of carbonyl (C=O) groups excluding carboxylic acids is 2. The predicted molar refractivity (Wildman–Crippen MR) is 125 cm³/mol. The number of carbonyl (C=O) groups is 2. The molecule has 3 aromatic rings. The third-order valence-corrected chi connectivity index (χ3v) is 5.39. The molecule has 8 heteroatoms. The van der Waals surface area contributed by atoms with Crippen LogP contribution in [0.4, 0.5) is 30.6 Å². The Labute approximate surface area is 190 Å². The van der Waals surface area contributed by atoms with Gasteiger partial charge >= 0.3 is 6.03 Å². The first-order chi connectivity index (χ1) is 16.0. The minimum absolute atomic E-state index is 0.246. The highest BCUT2D eigenvalue weighted by Gasteiger charge is 2.20. The number of halogens is 2. The second-order valence-corrected chi connectivity index (χ2v) is 7.82. The largest absolute Gasteiger partial charge is 0.371 e. The van der Waals surface area contributed by atoms with E-state index in [9.17, 15) is 18.4 Å². The van der Waals surface area contributed by atoms with Gasteiger partial charge in [0.2, 0.25) is 0 Å². The van der Waals surface area contributed by atoms with E-state index in [0.717, 1.165) is 37.2 Å². The van der Waals surface area contributed by atoms with E-state index in [0.29, 0.717) is 16.9 Å². The highest BCUT2D eigenvalue weighted by Crippen LogP contribution is 2.28. The summed E-state index contributed by atoms with van der Waals surface area (Å²) in [6.45, 7) is 1.95. The Morgan fingerprint density at radius 3 is 2.21 bits per heavy atom. The van der Waals surface area contributed by atoms with E-state index in [4.69, 9.17) is 0 Å². The van der Waals surface area contributed by atoms with Crippen molar-refractivity contribution < 1.29 is 18.4 Å². The molecule has 0 aliphatic carbocycles. The van der Waals surface area contributed by atoms with E-state index in [-0.39, 0.29) is 18.3 Å². The van der Waals surface area contributed by atoms with Gasteiger partial charge in [-0.15, -0.1) is 0 Å². The number of amides is 3. The first kappa shape index (κ1) is 22.3. The van der Waals surface area contributed by atoms with Gasteiger partial charge < -0.3 is 20.9 Å². The molecule has 1 fully saturated rings. The van der Waals surface area contributed by atoms with Crippen molar-refractivity contribution in [3.8, 4) is 0 Å². The van der Waals surface area contributed by atoms with Gasteiger partial charge in [0.05, 0.1) is 5.56 Å². The lowest BCUT2D eigenvalue weighted by molar-refractivity contribution is 0.0951. The third-order valence-electron chi connectivity index (χ3n) is 5.39. The van der Waals surface area contributed by atoms with Crippen molar-refractivity contribution >= 4 is 29.0 Å². The minimum Gasteiger partial charge on any atom is -0.371 e. The van der Waals surface area contributed by atoms with Crippen LogP contribution < -0.4 is 20.9 Å². The Morgan fingerprint density at radius 1 is 0.818 bits per heavy atom. The fourth-order valence-corrected chi connectivity index (χ4v) is 3.77. The lowest BCUT2D eigenvalue weighted by Crippen LogP contribution is -2.27. The number of hydrogen-bond donors (Lipinski definition) is 3. The van der Waals surface area contributed by atoms with E-state index in [1.165, 1.54) is 30.3 Å². The van der Waals surface area contributed by atoms with E-state index in [2.05, 4.69) is 20.9 Å². The zero-order valence-corrected chi connectivity index (χ0v) is 17.9. The maximum atomic E-state index is 13.4. The fraction of sp³-hybridized carbons (Fsp3) is 0.200. The fourth-order valence-electron chi connectivity index (χ4n) is 3.77. The lowest BCUT2D eigenvalue weighted by Gasteiger charge is -2.22. The Kier molecular flexibility index (Phi) is 6.83. The molecule has 0 saturated carbocycles. The van der Waals surface area contributed by atoms with Crippen LogP contribution in [0, 0.1) is 11.6 Å². The number of benzene rings is 3. The summed E-state index contributed by atoms with van der Waals surface area (Å²) in [6, 6.07) is 16.1.